The van der Waals surface area contributed by atoms with Gasteiger partial charge in [-0.3, -0.25) is 4.79 Å². The van der Waals surface area contributed by atoms with Gasteiger partial charge in [0.15, 0.2) is 0 Å². The average molecular weight is 466 g/mol. The number of nitrogens with one attached hydrogen (secondary N) is 1. The van der Waals surface area contributed by atoms with Crippen molar-refractivity contribution in [3.8, 4) is 0 Å². The molecule has 1 saturated carbocycles. The number of halogens is 2. The first-order chi connectivity index (χ1) is 12.2. The molecule has 2 aromatic rings. The third-order valence-corrected chi connectivity index (χ3v) is 7.10. The smallest absolute Gasteiger partial charge is 0.223 e. The van der Waals surface area contributed by atoms with Crippen molar-refractivity contribution in [1.29, 1.82) is 0 Å². The fourth-order valence-electron chi connectivity index (χ4n) is 4.68. The van der Waals surface area contributed by atoms with Gasteiger partial charge >= 0.3 is 0 Å². The standard InChI is InChI=1S/C21H21ClINO/c22-19-4-2-1-3-15(19)16-9-10-17-18(12-24-21(17)25)20(16)14-7-5-13(11-23)6-8-14/h1-8,16-18,20H,9-12H2,(H,24,25)/t16-,17+,18+,20-/m0/s1. The monoisotopic (exact) mass is 465 g/mol. The molecule has 1 aliphatic heterocycles. The highest BCUT2D eigenvalue weighted by Crippen LogP contribution is 2.52. The molecule has 1 saturated heterocycles. The second-order valence-corrected chi connectivity index (χ2v) is 8.29. The second kappa shape index (κ2) is 7.28. The SMILES string of the molecule is O=C1NC[C@H]2[C@@H](c3ccc(CI)cc3)[C@H](c3ccccc3Cl)CC[C@@H]12. The Hall–Kier alpha value is -1.07. The van der Waals surface area contributed by atoms with Gasteiger partial charge in [0.1, 0.15) is 0 Å². The Morgan fingerprint density at radius 1 is 1.04 bits per heavy atom. The predicted molar refractivity (Wildman–Crippen MR) is 110 cm³/mol. The van der Waals surface area contributed by atoms with E-state index in [2.05, 4.69) is 64.3 Å². The van der Waals surface area contributed by atoms with Crippen molar-refractivity contribution >= 4 is 40.1 Å². The van der Waals surface area contributed by atoms with Crippen LogP contribution in [-0.4, -0.2) is 12.5 Å². The first-order valence-electron chi connectivity index (χ1n) is 8.86. The molecular formula is C21H21ClINO. The van der Waals surface area contributed by atoms with Crippen LogP contribution >= 0.6 is 34.2 Å². The van der Waals surface area contributed by atoms with Gasteiger partial charge in [-0.25, -0.2) is 0 Å². The van der Waals surface area contributed by atoms with Crippen LogP contribution in [0.25, 0.3) is 0 Å². The number of carbonyl (C=O) groups is 1. The maximum atomic E-state index is 12.3. The minimum Gasteiger partial charge on any atom is -0.356 e. The molecule has 1 N–H and O–H groups in total. The number of hydrogen-bond acceptors (Lipinski definition) is 1. The molecule has 0 spiro atoms. The Labute approximate surface area is 167 Å². The van der Waals surface area contributed by atoms with Gasteiger partial charge in [0.2, 0.25) is 5.91 Å². The zero-order valence-electron chi connectivity index (χ0n) is 13.9. The molecular weight excluding hydrogens is 445 g/mol. The van der Waals surface area contributed by atoms with Crippen molar-refractivity contribution in [3.05, 3.63) is 70.2 Å². The molecule has 2 aliphatic rings. The maximum absolute atomic E-state index is 12.3. The number of benzene rings is 2. The summed E-state index contributed by atoms with van der Waals surface area (Å²) in [6.07, 6.45) is 1.96. The lowest BCUT2D eigenvalue weighted by atomic mass is 9.63. The lowest BCUT2D eigenvalue weighted by molar-refractivity contribution is -0.123. The topological polar surface area (TPSA) is 29.1 Å². The van der Waals surface area contributed by atoms with Gasteiger partial charge in [0, 0.05) is 21.9 Å². The van der Waals surface area contributed by atoms with E-state index in [1.807, 2.05) is 12.1 Å². The van der Waals surface area contributed by atoms with E-state index in [1.54, 1.807) is 0 Å². The fraction of sp³-hybridized carbons (Fsp3) is 0.381. The van der Waals surface area contributed by atoms with Gasteiger partial charge in [-0.2, -0.15) is 0 Å². The van der Waals surface area contributed by atoms with Gasteiger partial charge in [0.25, 0.3) is 0 Å². The number of fused-ring (bicyclic) bond motifs is 1. The van der Waals surface area contributed by atoms with E-state index in [1.165, 1.54) is 16.7 Å². The first kappa shape index (κ1) is 17.3. The van der Waals surface area contributed by atoms with Crippen LogP contribution in [0.2, 0.25) is 5.02 Å². The molecule has 0 aromatic heterocycles. The molecule has 2 fully saturated rings. The minimum absolute atomic E-state index is 0.146. The van der Waals surface area contributed by atoms with Crippen molar-refractivity contribution in [2.75, 3.05) is 6.54 Å². The molecule has 4 heteroatoms. The highest BCUT2D eigenvalue weighted by molar-refractivity contribution is 14.1. The van der Waals surface area contributed by atoms with Crippen molar-refractivity contribution in [1.82, 2.24) is 5.32 Å². The van der Waals surface area contributed by atoms with E-state index in [-0.39, 0.29) is 11.8 Å². The number of carbonyl (C=O) groups excluding carboxylic acids is 1. The molecule has 1 aliphatic carbocycles. The van der Waals surface area contributed by atoms with E-state index >= 15 is 0 Å². The third kappa shape index (κ3) is 3.21. The van der Waals surface area contributed by atoms with E-state index in [0.717, 1.165) is 28.8 Å². The summed E-state index contributed by atoms with van der Waals surface area (Å²) in [5.41, 5.74) is 3.90. The normalized spacial score (nSPS) is 28.5. The molecule has 0 bridgehead atoms. The Morgan fingerprint density at radius 3 is 2.48 bits per heavy atom. The zero-order valence-corrected chi connectivity index (χ0v) is 16.8. The summed E-state index contributed by atoms with van der Waals surface area (Å²) in [7, 11) is 0. The summed E-state index contributed by atoms with van der Waals surface area (Å²) in [5, 5.41) is 3.94. The number of hydrogen-bond donors (Lipinski definition) is 1. The summed E-state index contributed by atoms with van der Waals surface area (Å²) in [4.78, 5) is 12.3. The van der Waals surface area contributed by atoms with Gasteiger partial charge in [0.05, 0.1) is 0 Å². The van der Waals surface area contributed by atoms with Crippen LogP contribution in [0.3, 0.4) is 0 Å². The van der Waals surface area contributed by atoms with Crippen LogP contribution in [0.4, 0.5) is 0 Å². The molecule has 0 radical (unpaired) electrons. The average Bonchev–Trinajstić information content (AvgIpc) is 3.03. The van der Waals surface area contributed by atoms with Crippen LogP contribution in [-0.2, 0) is 9.22 Å². The summed E-state index contributed by atoms with van der Waals surface area (Å²) in [5.74, 6) is 1.44. The highest BCUT2D eigenvalue weighted by Gasteiger charge is 2.47. The van der Waals surface area contributed by atoms with Crippen molar-refractivity contribution in [3.63, 3.8) is 0 Å². The zero-order chi connectivity index (χ0) is 17.4. The van der Waals surface area contributed by atoms with Gasteiger partial charge in [-0.15, -0.1) is 0 Å². The first-order valence-corrected chi connectivity index (χ1v) is 10.8. The van der Waals surface area contributed by atoms with Crippen molar-refractivity contribution in [2.24, 2.45) is 11.8 Å². The van der Waals surface area contributed by atoms with E-state index < -0.39 is 0 Å². The van der Waals surface area contributed by atoms with Crippen LogP contribution in [0.15, 0.2) is 48.5 Å². The van der Waals surface area contributed by atoms with Crippen molar-refractivity contribution < 1.29 is 4.79 Å². The Kier molecular flexibility index (Phi) is 5.05. The number of amides is 1. The molecule has 25 heavy (non-hydrogen) atoms. The second-order valence-electron chi connectivity index (χ2n) is 7.12. The number of alkyl halides is 1. The molecule has 1 heterocycles. The van der Waals surface area contributed by atoms with Crippen molar-refractivity contribution in [2.45, 2.75) is 29.1 Å². The Morgan fingerprint density at radius 2 is 1.76 bits per heavy atom. The largest absolute Gasteiger partial charge is 0.356 e. The quantitative estimate of drug-likeness (QED) is 0.484. The molecule has 0 unspecified atom stereocenters. The maximum Gasteiger partial charge on any atom is 0.223 e. The minimum atomic E-state index is 0.146. The molecule has 2 nitrogen and oxygen atoms in total. The van der Waals surface area contributed by atoms with Gasteiger partial charge in [-0.1, -0.05) is 76.7 Å². The lowest BCUT2D eigenvalue weighted by Crippen LogP contribution is -2.32. The van der Waals surface area contributed by atoms with E-state index in [9.17, 15) is 4.79 Å². The molecule has 2 aromatic carbocycles. The lowest BCUT2D eigenvalue weighted by Gasteiger charge is -2.40. The summed E-state index contributed by atoms with van der Waals surface area (Å²) >= 11 is 8.94. The third-order valence-electron chi connectivity index (χ3n) is 5.87. The Balaban J connectivity index is 1.76. The molecule has 130 valence electrons. The summed E-state index contributed by atoms with van der Waals surface area (Å²) in [6, 6.07) is 17.2. The van der Waals surface area contributed by atoms with Crippen LogP contribution in [0.5, 0.6) is 0 Å². The number of rotatable bonds is 3. The van der Waals surface area contributed by atoms with Gasteiger partial charge < -0.3 is 5.32 Å². The van der Waals surface area contributed by atoms with Gasteiger partial charge in [-0.05, 0) is 53.4 Å². The summed E-state index contributed by atoms with van der Waals surface area (Å²) < 4.78 is 1.02. The van der Waals surface area contributed by atoms with Crippen LogP contribution in [0.1, 0.15) is 41.4 Å². The highest BCUT2D eigenvalue weighted by atomic mass is 127. The van der Waals surface area contributed by atoms with E-state index in [4.69, 9.17) is 11.6 Å². The molecule has 4 atom stereocenters. The van der Waals surface area contributed by atoms with Crippen LogP contribution in [0, 0.1) is 11.8 Å². The summed E-state index contributed by atoms with van der Waals surface area (Å²) in [6.45, 7) is 0.781. The fourth-order valence-corrected chi connectivity index (χ4v) is 5.46. The van der Waals surface area contributed by atoms with E-state index in [0.29, 0.717) is 17.8 Å². The molecule has 1 amide bonds. The predicted octanol–water partition coefficient (Wildman–Crippen LogP) is 5.30. The molecule has 4 rings (SSSR count). The Bertz CT molecular complexity index is 776. The van der Waals surface area contributed by atoms with Crippen LogP contribution < -0.4 is 5.32 Å².